The molecule has 1 amide bonds. The minimum atomic E-state index is -0.808. The highest BCUT2D eigenvalue weighted by molar-refractivity contribution is 5.86. The number of aromatic nitrogens is 2. The van der Waals surface area contributed by atoms with Gasteiger partial charge in [-0.1, -0.05) is 43.5 Å². The van der Waals surface area contributed by atoms with E-state index in [4.69, 9.17) is 5.73 Å². The molecule has 0 spiro atoms. The fourth-order valence-corrected chi connectivity index (χ4v) is 3.55. The molecule has 0 saturated heterocycles. The Morgan fingerprint density at radius 2 is 2.00 bits per heavy atom. The lowest BCUT2D eigenvalue weighted by atomic mass is 9.82. The summed E-state index contributed by atoms with van der Waals surface area (Å²) in [4.78, 5) is 28.1. The molecule has 0 aliphatic heterocycles. The van der Waals surface area contributed by atoms with E-state index in [-0.39, 0.29) is 18.0 Å². The first-order valence-electron chi connectivity index (χ1n) is 9.53. The smallest absolute Gasteiger partial charge is 0.268 e. The number of aryl methyl sites for hydroxylation is 1. The fourth-order valence-electron chi connectivity index (χ4n) is 3.55. The highest BCUT2D eigenvalue weighted by Crippen LogP contribution is 2.26. The summed E-state index contributed by atoms with van der Waals surface area (Å²) in [6, 6.07) is 9.67. The van der Waals surface area contributed by atoms with E-state index in [1.165, 1.54) is 10.8 Å². The number of rotatable bonds is 5. The predicted molar refractivity (Wildman–Crippen MR) is 106 cm³/mol. The van der Waals surface area contributed by atoms with E-state index in [0.29, 0.717) is 18.5 Å². The molecule has 7 heteroatoms. The molecular weight excluding hydrogens is 354 g/mol. The van der Waals surface area contributed by atoms with Crippen molar-refractivity contribution in [1.82, 2.24) is 14.9 Å². The summed E-state index contributed by atoms with van der Waals surface area (Å²) >= 11 is 0. The molecule has 1 saturated carbocycles. The number of nitrogens with one attached hydrogen (secondary N) is 1. The van der Waals surface area contributed by atoms with Gasteiger partial charge >= 0.3 is 0 Å². The molecule has 1 aromatic heterocycles. The lowest BCUT2D eigenvalue weighted by Crippen LogP contribution is -2.55. The first-order valence-corrected chi connectivity index (χ1v) is 9.53. The molecule has 2 aromatic rings. The Hall–Kier alpha value is -2.98. The molecule has 1 atom stereocenters. The number of amides is 1. The minimum Gasteiger partial charge on any atom is -0.353 e. The van der Waals surface area contributed by atoms with Gasteiger partial charge in [0.2, 0.25) is 5.91 Å². The van der Waals surface area contributed by atoms with E-state index >= 15 is 0 Å². The molecule has 1 aliphatic carbocycles. The Morgan fingerprint density at radius 3 is 2.61 bits per heavy atom. The van der Waals surface area contributed by atoms with Gasteiger partial charge in [-0.3, -0.25) is 9.59 Å². The quantitative estimate of drug-likeness (QED) is 0.823. The van der Waals surface area contributed by atoms with Crippen LogP contribution in [0.25, 0.3) is 11.3 Å². The van der Waals surface area contributed by atoms with Crippen LogP contribution in [-0.4, -0.2) is 27.5 Å². The zero-order valence-corrected chi connectivity index (χ0v) is 16.0. The van der Waals surface area contributed by atoms with Crippen molar-refractivity contribution in [3.05, 3.63) is 52.6 Å². The molecule has 1 heterocycles. The summed E-state index contributed by atoms with van der Waals surface area (Å²) in [6.45, 7) is 0.228. The molecule has 1 aromatic carbocycles. The molecule has 0 bridgehead atoms. The van der Waals surface area contributed by atoms with Crippen molar-refractivity contribution in [1.29, 1.82) is 5.26 Å². The predicted octanol–water partition coefficient (Wildman–Crippen LogP) is 1.83. The molecule has 3 N–H and O–H groups in total. The standard InChI is InChI=1S/C21H25N5O2/c1-26-14-18(24-13-19(26)27)16-7-5-15(6-8-16)17(11-22)12-25-20(28)21(23)9-3-2-4-10-21/h5-8,13-14,17H,2-4,9-10,12,23H2,1H3,(H,25,28). The van der Waals surface area contributed by atoms with Gasteiger partial charge in [-0.05, 0) is 18.4 Å². The number of hydrogen-bond donors (Lipinski definition) is 2. The Bertz CT molecular complexity index is 937. The van der Waals surface area contributed by atoms with Crippen molar-refractivity contribution in [3.8, 4) is 17.3 Å². The maximum absolute atomic E-state index is 12.5. The van der Waals surface area contributed by atoms with Gasteiger partial charge in [-0.25, -0.2) is 4.98 Å². The number of hydrogen-bond acceptors (Lipinski definition) is 5. The van der Waals surface area contributed by atoms with Crippen molar-refractivity contribution >= 4 is 5.91 Å². The van der Waals surface area contributed by atoms with Crippen LogP contribution in [0.15, 0.2) is 41.5 Å². The van der Waals surface area contributed by atoms with Gasteiger partial charge in [-0.2, -0.15) is 5.26 Å². The Balaban J connectivity index is 1.67. The molecule has 28 heavy (non-hydrogen) atoms. The first-order chi connectivity index (χ1) is 13.4. The third kappa shape index (κ3) is 4.29. The number of carbonyl (C=O) groups is 1. The van der Waals surface area contributed by atoms with E-state index in [2.05, 4.69) is 16.4 Å². The van der Waals surface area contributed by atoms with E-state index in [0.717, 1.165) is 30.4 Å². The van der Waals surface area contributed by atoms with Crippen LogP contribution < -0.4 is 16.6 Å². The Labute approximate surface area is 164 Å². The zero-order chi connectivity index (χ0) is 20.1. The monoisotopic (exact) mass is 379 g/mol. The van der Waals surface area contributed by atoms with Gasteiger partial charge in [0.25, 0.3) is 5.56 Å². The average molecular weight is 379 g/mol. The lowest BCUT2D eigenvalue weighted by Gasteiger charge is -2.32. The van der Waals surface area contributed by atoms with Crippen molar-refractivity contribution in [2.24, 2.45) is 12.8 Å². The highest BCUT2D eigenvalue weighted by atomic mass is 16.2. The highest BCUT2D eigenvalue weighted by Gasteiger charge is 2.35. The first kappa shape index (κ1) is 19.8. The summed E-state index contributed by atoms with van der Waals surface area (Å²) in [7, 11) is 1.67. The third-order valence-electron chi connectivity index (χ3n) is 5.41. The maximum Gasteiger partial charge on any atom is 0.268 e. The van der Waals surface area contributed by atoms with Crippen molar-refractivity contribution in [2.45, 2.75) is 43.6 Å². The van der Waals surface area contributed by atoms with Crippen LogP contribution in [0, 0.1) is 11.3 Å². The third-order valence-corrected chi connectivity index (χ3v) is 5.41. The van der Waals surface area contributed by atoms with Crippen LogP contribution in [0.1, 0.15) is 43.6 Å². The van der Waals surface area contributed by atoms with E-state index in [9.17, 15) is 14.9 Å². The number of benzene rings is 1. The second kappa shape index (κ2) is 8.36. The summed E-state index contributed by atoms with van der Waals surface area (Å²) < 4.78 is 1.47. The molecule has 0 radical (unpaired) electrons. The zero-order valence-electron chi connectivity index (χ0n) is 16.0. The summed E-state index contributed by atoms with van der Waals surface area (Å²) in [5, 5.41) is 12.4. The van der Waals surface area contributed by atoms with Crippen LogP contribution in [0.3, 0.4) is 0 Å². The van der Waals surface area contributed by atoms with Crippen molar-refractivity contribution in [3.63, 3.8) is 0 Å². The van der Waals surface area contributed by atoms with Gasteiger partial charge < -0.3 is 15.6 Å². The van der Waals surface area contributed by atoms with Crippen LogP contribution in [-0.2, 0) is 11.8 Å². The lowest BCUT2D eigenvalue weighted by molar-refractivity contribution is -0.127. The summed E-state index contributed by atoms with van der Waals surface area (Å²) in [6.07, 6.45) is 7.38. The van der Waals surface area contributed by atoms with Gasteiger partial charge in [0.15, 0.2) is 0 Å². The van der Waals surface area contributed by atoms with Gasteiger partial charge in [0, 0.05) is 25.4 Å². The largest absolute Gasteiger partial charge is 0.353 e. The Morgan fingerprint density at radius 1 is 1.32 bits per heavy atom. The molecule has 1 unspecified atom stereocenters. The van der Waals surface area contributed by atoms with Crippen LogP contribution >= 0.6 is 0 Å². The van der Waals surface area contributed by atoms with E-state index < -0.39 is 11.5 Å². The minimum absolute atomic E-state index is 0.168. The molecule has 1 fully saturated rings. The molecule has 3 rings (SSSR count). The number of nitrogens with two attached hydrogens (primary N) is 1. The van der Waals surface area contributed by atoms with Crippen molar-refractivity contribution < 1.29 is 4.79 Å². The summed E-state index contributed by atoms with van der Waals surface area (Å²) in [5.74, 6) is -0.628. The maximum atomic E-state index is 12.5. The Kier molecular flexibility index (Phi) is 5.90. The fraction of sp³-hybridized carbons (Fsp3) is 0.429. The van der Waals surface area contributed by atoms with Gasteiger partial charge in [0.1, 0.15) is 0 Å². The van der Waals surface area contributed by atoms with Crippen LogP contribution in [0.4, 0.5) is 0 Å². The molecule has 146 valence electrons. The van der Waals surface area contributed by atoms with E-state index in [1.54, 1.807) is 13.2 Å². The van der Waals surface area contributed by atoms with E-state index in [1.807, 2.05) is 24.3 Å². The number of carbonyl (C=O) groups excluding carboxylic acids is 1. The normalized spacial score (nSPS) is 16.8. The topological polar surface area (TPSA) is 114 Å². The van der Waals surface area contributed by atoms with Gasteiger partial charge in [-0.15, -0.1) is 0 Å². The average Bonchev–Trinajstić information content (AvgIpc) is 2.71. The van der Waals surface area contributed by atoms with Crippen LogP contribution in [0.2, 0.25) is 0 Å². The van der Waals surface area contributed by atoms with Gasteiger partial charge in [0.05, 0.1) is 29.4 Å². The van der Waals surface area contributed by atoms with Crippen LogP contribution in [0.5, 0.6) is 0 Å². The van der Waals surface area contributed by atoms with Crippen molar-refractivity contribution in [2.75, 3.05) is 6.54 Å². The number of nitrogens with zero attached hydrogens (tertiary/aromatic N) is 3. The molecule has 7 nitrogen and oxygen atoms in total. The second-order valence-corrected chi connectivity index (χ2v) is 7.45. The number of nitriles is 1. The second-order valence-electron chi connectivity index (χ2n) is 7.45. The molecule has 1 aliphatic rings. The molecular formula is C21H25N5O2. The summed E-state index contributed by atoms with van der Waals surface area (Å²) in [5.41, 5.74) is 7.61. The SMILES string of the molecule is Cn1cc(-c2ccc(C(C#N)CNC(=O)C3(N)CCCCC3)cc2)ncc1=O.